The molecule has 0 spiro atoms. The van der Waals surface area contributed by atoms with Gasteiger partial charge in [0, 0.05) is 23.8 Å². The summed E-state index contributed by atoms with van der Waals surface area (Å²) in [6.45, 7) is 0.986. The van der Waals surface area contributed by atoms with E-state index in [1.165, 1.54) is 23.5 Å². The van der Waals surface area contributed by atoms with Crippen LogP contribution in [0.25, 0.3) is 10.2 Å². The van der Waals surface area contributed by atoms with Gasteiger partial charge >= 0.3 is 0 Å². The first-order valence-corrected chi connectivity index (χ1v) is 11.1. The molecule has 0 saturated heterocycles. The van der Waals surface area contributed by atoms with Crippen LogP contribution in [0.1, 0.15) is 5.56 Å². The molecule has 0 aliphatic carbocycles. The van der Waals surface area contributed by atoms with E-state index in [0.29, 0.717) is 23.7 Å². The largest absolute Gasteiger partial charge is 0.286 e. The first-order valence-electron chi connectivity index (χ1n) is 9.09. The number of carbonyl (C=O) groups is 1. The summed E-state index contributed by atoms with van der Waals surface area (Å²) in [5, 5.41) is 4.78. The molecule has 0 saturated carbocycles. The zero-order valence-corrected chi connectivity index (χ0v) is 17.4. The number of halogens is 1. The van der Waals surface area contributed by atoms with Crippen LogP contribution in [0.4, 0.5) is 9.52 Å². The molecule has 0 radical (unpaired) electrons. The van der Waals surface area contributed by atoms with Crippen LogP contribution >= 0.6 is 23.1 Å². The van der Waals surface area contributed by atoms with Crippen LogP contribution < -0.4 is 4.90 Å². The van der Waals surface area contributed by atoms with Gasteiger partial charge in [0.25, 0.3) is 0 Å². The van der Waals surface area contributed by atoms with E-state index in [1.807, 2.05) is 42.8 Å². The lowest BCUT2D eigenvalue weighted by Crippen LogP contribution is -2.35. The first kappa shape index (κ1) is 19.6. The minimum absolute atomic E-state index is 0.0476. The molecule has 0 unspecified atom stereocenters. The van der Waals surface area contributed by atoms with Gasteiger partial charge in [0.05, 0.1) is 23.2 Å². The molecule has 2 aromatic heterocycles. The van der Waals surface area contributed by atoms with Gasteiger partial charge in [0.2, 0.25) is 5.91 Å². The molecule has 5 nitrogen and oxygen atoms in total. The fourth-order valence-electron chi connectivity index (χ4n) is 2.98. The number of thiazole rings is 1. The maximum Gasteiger partial charge on any atom is 0.233 e. The van der Waals surface area contributed by atoms with Gasteiger partial charge in [-0.3, -0.25) is 14.4 Å². The molecule has 8 heteroatoms. The summed E-state index contributed by atoms with van der Waals surface area (Å²) in [6.07, 6.45) is 5.86. The summed E-state index contributed by atoms with van der Waals surface area (Å²) < 4.78 is 16.1. The normalized spacial score (nSPS) is 11.1. The minimum atomic E-state index is -0.309. The van der Waals surface area contributed by atoms with E-state index in [1.54, 1.807) is 33.6 Å². The van der Waals surface area contributed by atoms with E-state index in [9.17, 15) is 9.18 Å². The smallest absolute Gasteiger partial charge is 0.233 e. The Bertz CT molecular complexity index is 1110. The molecular formula is C21H19FN4OS2. The Morgan fingerprint density at radius 3 is 2.79 bits per heavy atom. The summed E-state index contributed by atoms with van der Waals surface area (Å²) in [7, 11) is 0. The monoisotopic (exact) mass is 426 g/mol. The number of rotatable bonds is 7. The number of hydrogen-bond donors (Lipinski definition) is 0. The van der Waals surface area contributed by atoms with Crippen LogP contribution in [-0.2, 0) is 17.8 Å². The second-order valence-electron chi connectivity index (χ2n) is 6.45. The van der Waals surface area contributed by atoms with Crippen molar-refractivity contribution >= 4 is 44.4 Å². The molecule has 29 heavy (non-hydrogen) atoms. The van der Waals surface area contributed by atoms with Crippen molar-refractivity contribution in [2.45, 2.75) is 17.9 Å². The van der Waals surface area contributed by atoms with Crippen molar-refractivity contribution in [3.8, 4) is 0 Å². The number of hydrogen-bond acceptors (Lipinski definition) is 5. The minimum Gasteiger partial charge on any atom is -0.286 e. The van der Waals surface area contributed by atoms with Crippen LogP contribution in [0.5, 0.6) is 0 Å². The Balaban J connectivity index is 1.59. The zero-order chi connectivity index (χ0) is 20.2. The third-order valence-electron chi connectivity index (χ3n) is 4.50. The van der Waals surface area contributed by atoms with Crippen molar-refractivity contribution in [2.75, 3.05) is 17.7 Å². The van der Waals surface area contributed by atoms with Gasteiger partial charge in [-0.1, -0.05) is 23.5 Å². The predicted molar refractivity (Wildman–Crippen MR) is 116 cm³/mol. The van der Waals surface area contributed by atoms with E-state index in [-0.39, 0.29) is 18.1 Å². The van der Waals surface area contributed by atoms with E-state index in [2.05, 4.69) is 10.1 Å². The van der Waals surface area contributed by atoms with Gasteiger partial charge in [-0.05, 0) is 48.2 Å². The van der Waals surface area contributed by atoms with Gasteiger partial charge in [0.1, 0.15) is 5.82 Å². The highest BCUT2D eigenvalue weighted by Gasteiger charge is 2.20. The summed E-state index contributed by atoms with van der Waals surface area (Å²) in [4.78, 5) is 20.6. The van der Waals surface area contributed by atoms with E-state index >= 15 is 0 Å². The molecule has 0 fully saturated rings. The first-order chi connectivity index (χ1) is 14.1. The molecular weight excluding hydrogens is 407 g/mol. The van der Waals surface area contributed by atoms with Crippen LogP contribution in [0, 0.1) is 5.82 Å². The molecule has 1 amide bonds. The highest BCUT2D eigenvalue weighted by molar-refractivity contribution is 7.98. The molecule has 0 atom stereocenters. The summed E-state index contributed by atoms with van der Waals surface area (Å²) in [5.74, 6) is -0.357. The fourth-order valence-corrected chi connectivity index (χ4v) is 4.42. The molecule has 0 aliphatic heterocycles. The number of benzene rings is 2. The van der Waals surface area contributed by atoms with Crippen molar-refractivity contribution in [3.05, 3.63) is 72.3 Å². The van der Waals surface area contributed by atoms with Crippen LogP contribution in [0.15, 0.2) is 65.8 Å². The molecule has 0 bridgehead atoms. The van der Waals surface area contributed by atoms with Crippen molar-refractivity contribution in [3.63, 3.8) is 0 Å². The quantitative estimate of drug-likeness (QED) is 0.404. The maximum absolute atomic E-state index is 13.6. The van der Waals surface area contributed by atoms with Crippen molar-refractivity contribution in [1.29, 1.82) is 0 Å². The average molecular weight is 427 g/mol. The highest BCUT2D eigenvalue weighted by Crippen LogP contribution is 2.30. The Labute approximate surface area is 176 Å². The predicted octanol–water partition coefficient (Wildman–Crippen LogP) is 4.63. The van der Waals surface area contributed by atoms with Crippen molar-refractivity contribution in [2.24, 2.45) is 0 Å². The second-order valence-corrected chi connectivity index (χ2v) is 8.34. The van der Waals surface area contributed by atoms with Crippen molar-refractivity contribution < 1.29 is 9.18 Å². The maximum atomic E-state index is 13.6. The lowest BCUT2D eigenvalue weighted by molar-refractivity contribution is -0.118. The van der Waals surface area contributed by atoms with Crippen LogP contribution in [-0.4, -0.2) is 33.5 Å². The number of thioether (sulfide) groups is 1. The zero-order valence-electron chi connectivity index (χ0n) is 15.8. The number of amides is 1. The van der Waals surface area contributed by atoms with E-state index in [4.69, 9.17) is 0 Å². The topological polar surface area (TPSA) is 51.0 Å². The lowest BCUT2D eigenvalue weighted by Gasteiger charge is -2.20. The van der Waals surface area contributed by atoms with E-state index in [0.717, 1.165) is 15.2 Å². The Morgan fingerprint density at radius 1 is 1.24 bits per heavy atom. The van der Waals surface area contributed by atoms with Gasteiger partial charge in [-0.15, -0.1) is 11.8 Å². The number of fused-ring (bicyclic) bond motifs is 1. The summed E-state index contributed by atoms with van der Waals surface area (Å²) in [6, 6.07) is 14.3. The van der Waals surface area contributed by atoms with Gasteiger partial charge < -0.3 is 0 Å². The van der Waals surface area contributed by atoms with Crippen LogP contribution in [0.2, 0.25) is 0 Å². The van der Waals surface area contributed by atoms with Gasteiger partial charge in [-0.25, -0.2) is 9.37 Å². The number of aromatic nitrogens is 3. The number of carbonyl (C=O) groups excluding carboxylic acids is 1. The van der Waals surface area contributed by atoms with E-state index < -0.39 is 0 Å². The summed E-state index contributed by atoms with van der Waals surface area (Å²) in [5.41, 5.74) is 1.64. The Kier molecular flexibility index (Phi) is 5.92. The summed E-state index contributed by atoms with van der Waals surface area (Å²) >= 11 is 2.99. The van der Waals surface area contributed by atoms with Gasteiger partial charge in [-0.2, -0.15) is 5.10 Å². The molecule has 4 aromatic rings. The van der Waals surface area contributed by atoms with Crippen molar-refractivity contribution in [1.82, 2.24) is 14.8 Å². The third-order valence-corrected chi connectivity index (χ3v) is 6.28. The number of anilines is 1. The fraction of sp³-hybridized carbons (Fsp3) is 0.190. The second kappa shape index (κ2) is 8.75. The Hall–Kier alpha value is -2.71. The molecule has 148 valence electrons. The molecule has 0 aliphatic rings. The lowest BCUT2D eigenvalue weighted by atomic mass is 10.1. The number of nitrogens with zero attached hydrogens (tertiary/aromatic N) is 4. The van der Waals surface area contributed by atoms with Gasteiger partial charge in [0.15, 0.2) is 5.13 Å². The average Bonchev–Trinajstić information content (AvgIpc) is 3.38. The highest BCUT2D eigenvalue weighted by atomic mass is 32.2. The molecule has 2 heterocycles. The molecule has 4 rings (SSSR count). The molecule has 0 N–H and O–H groups in total. The third kappa shape index (κ3) is 4.65. The standard InChI is InChI=1S/C21H19FN4OS2/c1-28-17-6-3-15(4-7-17)13-20(27)26(12-11-25-10-2-9-23-25)21-24-18-8-5-16(22)14-19(18)29-21/h2-10,14H,11-13H2,1H3. The van der Waals surface area contributed by atoms with Crippen LogP contribution in [0.3, 0.4) is 0 Å². The SMILES string of the molecule is CSc1ccc(CC(=O)N(CCn2cccn2)c2nc3ccc(F)cc3s2)cc1. The molecule has 2 aromatic carbocycles. The Morgan fingerprint density at radius 2 is 2.07 bits per heavy atom.